The molecule has 0 heterocycles. The lowest BCUT2D eigenvalue weighted by Gasteiger charge is -2.10. The van der Waals surface area contributed by atoms with Crippen molar-refractivity contribution in [2.24, 2.45) is 4.99 Å². The normalized spacial score (nSPS) is 13.2. The van der Waals surface area contributed by atoms with Crippen LogP contribution in [0.3, 0.4) is 0 Å². The average Bonchev–Trinajstić information content (AvgIpc) is 2.13. The van der Waals surface area contributed by atoms with Gasteiger partial charge in [0.1, 0.15) is 0 Å². The Bertz CT molecular complexity index is 276. The predicted molar refractivity (Wildman–Crippen MR) is 59.3 cm³/mol. The first-order valence-corrected chi connectivity index (χ1v) is 4.57. The minimum absolute atomic E-state index is 0.00403. The number of nitrogens with one attached hydrogen (secondary N) is 2. The van der Waals surface area contributed by atoms with Crippen molar-refractivity contribution in [2.45, 2.75) is 12.8 Å². The Morgan fingerprint density at radius 2 is 2.29 bits per heavy atom. The van der Waals surface area contributed by atoms with Crippen LogP contribution in [0.25, 0.3) is 0 Å². The minimum atomic E-state index is -1.54. The number of rotatable bonds is 5. The van der Waals surface area contributed by atoms with Crippen molar-refractivity contribution in [2.75, 3.05) is 6.61 Å². The van der Waals surface area contributed by atoms with Gasteiger partial charge in [-0.25, -0.2) is 4.39 Å². The highest BCUT2D eigenvalue weighted by Crippen LogP contribution is 2.12. The van der Waals surface area contributed by atoms with E-state index in [-0.39, 0.29) is 23.8 Å². The first-order valence-electron chi connectivity index (χ1n) is 3.90. The Morgan fingerprint density at radius 1 is 1.71 bits per heavy atom. The van der Waals surface area contributed by atoms with Gasteiger partial charge >= 0.3 is 0 Å². The number of hydrogen-bond donors (Lipinski definition) is 2. The van der Waals surface area contributed by atoms with Gasteiger partial charge in [-0.15, -0.1) is 0 Å². The van der Waals surface area contributed by atoms with E-state index < -0.39 is 5.91 Å². The van der Waals surface area contributed by atoms with E-state index in [0.717, 1.165) is 6.20 Å². The van der Waals surface area contributed by atoms with E-state index in [0.29, 0.717) is 0 Å². The van der Waals surface area contributed by atoms with Gasteiger partial charge in [0.15, 0.2) is 5.91 Å². The topological polar surface area (TPSA) is 69.3 Å². The molecule has 0 amide bonds. The van der Waals surface area contributed by atoms with Crippen LogP contribution in [-0.4, -0.2) is 30.8 Å². The summed E-state index contributed by atoms with van der Waals surface area (Å²) in [5, 5.41) is 14.7. The second kappa shape index (κ2) is 6.38. The minimum Gasteiger partial charge on any atom is -0.478 e. The quantitative estimate of drug-likeness (QED) is 0.411. The molecular weight excluding hydrogens is 204 g/mol. The molecule has 0 fully saturated rings. The van der Waals surface area contributed by atoms with Crippen molar-refractivity contribution < 1.29 is 9.13 Å². The van der Waals surface area contributed by atoms with E-state index in [9.17, 15) is 4.39 Å². The highest BCUT2D eigenvalue weighted by molar-refractivity contribution is 7.19. The molecule has 0 radical (unpaired) electrons. The van der Waals surface area contributed by atoms with E-state index in [1.165, 1.54) is 0 Å². The van der Waals surface area contributed by atoms with Gasteiger partial charge in [0.05, 0.1) is 17.9 Å². The molecule has 2 atom stereocenters. The largest absolute Gasteiger partial charge is 0.478 e. The smallest absolute Gasteiger partial charge is 0.216 e. The van der Waals surface area contributed by atoms with Crippen LogP contribution < -0.4 is 0 Å². The second-order valence-corrected chi connectivity index (χ2v) is 2.89. The van der Waals surface area contributed by atoms with Crippen molar-refractivity contribution in [1.82, 2.24) is 0 Å². The summed E-state index contributed by atoms with van der Waals surface area (Å²) in [4.78, 5) is 3.39. The fourth-order valence-corrected chi connectivity index (χ4v) is 0.892. The first-order chi connectivity index (χ1) is 6.54. The van der Waals surface area contributed by atoms with Crippen LogP contribution in [0.15, 0.2) is 16.8 Å². The van der Waals surface area contributed by atoms with E-state index in [1.807, 2.05) is 9.24 Å². The van der Waals surface area contributed by atoms with Crippen LogP contribution in [0.4, 0.5) is 4.39 Å². The zero-order valence-corrected chi connectivity index (χ0v) is 9.03. The number of halogens is 1. The molecule has 0 aromatic heterocycles. The summed E-state index contributed by atoms with van der Waals surface area (Å²) in [5.41, 5.74) is -0.356. The molecule has 0 bridgehead atoms. The third kappa shape index (κ3) is 3.75. The van der Waals surface area contributed by atoms with Crippen LogP contribution in [0.2, 0.25) is 0 Å². The predicted octanol–water partition coefficient (Wildman–Crippen LogP) is 1.78. The maximum Gasteiger partial charge on any atom is 0.216 e. The highest BCUT2D eigenvalue weighted by atomic mass is 31.0. The van der Waals surface area contributed by atoms with Crippen LogP contribution in [0.5, 0.6) is 0 Å². The fraction of sp³-hybridized carbons (Fsp3) is 0.375. The van der Waals surface area contributed by atoms with Crippen LogP contribution >= 0.6 is 9.24 Å². The maximum absolute atomic E-state index is 12.8. The molecule has 14 heavy (non-hydrogen) atoms. The standard InChI is InChI=1S/C8H13FN3OP/c1-3-13-8(11)5(4-12-2)6(10)7(9)14/h4,7,10-11H,2-3,14H2,1H3/b5-4+,10-6?,11-8?. The number of aliphatic imine (C=N–C) groups is 1. The summed E-state index contributed by atoms with van der Waals surface area (Å²) in [7, 11) is 1.83. The summed E-state index contributed by atoms with van der Waals surface area (Å²) in [6.07, 6.45) is 1.14. The van der Waals surface area contributed by atoms with Gasteiger partial charge in [-0.1, -0.05) is 9.24 Å². The van der Waals surface area contributed by atoms with Crippen LogP contribution in [-0.2, 0) is 4.74 Å². The Hall–Kier alpha value is -1.09. The molecule has 78 valence electrons. The molecule has 0 aromatic carbocycles. The summed E-state index contributed by atoms with van der Waals surface area (Å²) in [6.45, 7) is 5.17. The number of ether oxygens (including phenoxy) is 1. The molecule has 0 aliphatic carbocycles. The van der Waals surface area contributed by atoms with Gasteiger partial charge in [0.25, 0.3) is 0 Å². The van der Waals surface area contributed by atoms with Gasteiger partial charge in [-0.2, -0.15) is 0 Å². The summed E-state index contributed by atoms with van der Waals surface area (Å²) in [6, 6.07) is 0. The Labute approximate surface area is 84.5 Å². The Morgan fingerprint density at radius 3 is 2.64 bits per heavy atom. The first kappa shape index (κ1) is 12.9. The Balaban J connectivity index is 4.78. The molecule has 0 saturated heterocycles. The number of hydrogen-bond acceptors (Lipinski definition) is 4. The second-order valence-electron chi connectivity index (χ2n) is 2.30. The van der Waals surface area contributed by atoms with E-state index in [2.05, 4.69) is 11.7 Å². The van der Waals surface area contributed by atoms with E-state index in [4.69, 9.17) is 15.6 Å². The zero-order chi connectivity index (χ0) is 11.1. The molecule has 0 rings (SSSR count). The van der Waals surface area contributed by atoms with Crippen LogP contribution in [0, 0.1) is 10.8 Å². The molecule has 2 unspecified atom stereocenters. The van der Waals surface area contributed by atoms with Gasteiger partial charge in [0.2, 0.25) is 5.90 Å². The van der Waals surface area contributed by atoms with Crippen molar-refractivity contribution in [3.05, 3.63) is 11.8 Å². The molecule has 2 N–H and O–H groups in total. The lowest BCUT2D eigenvalue weighted by Crippen LogP contribution is -2.19. The summed E-state index contributed by atoms with van der Waals surface area (Å²) >= 11 is 0. The molecule has 6 heteroatoms. The molecule has 0 aliphatic heterocycles. The van der Waals surface area contributed by atoms with Gasteiger partial charge < -0.3 is 10.1 Å². The van der Waals surface area contributed by atoms with E-state index in [1.54, 1.807) is 6.92 Å². The van der Waals surface area contributed by atoms with Gasteiger partial charge in [0, 0.05) is 6.20 Å². The van der Waals surface area contributed by atoms with E-state index >= 15 is 0 Å². The monoisotopic (exact) mass is 217 g/mol. The molecule has 0 saturated carbocycles. The van der Waals surface area contributed by atoms with Gasteiger partial charge in [-0.05, 0) is 13.6 Å². The molecule has 0 aliphatic rings. The maximum atomic E-state index is 12.8. The van der Waals surface area contributed by atoms with Crippen molar-refractivity contribution in [3.8, 4) is 0 Å². The molecule has 0 spiro atoms. The fourth-order valence-electron chi connectivity index (χ4n) is 0.712. The third-order valence-electron chi connectivity index (χ3n) is 1.32. The Kier molecular flexibility index (Phi) is 5.88. The lowest BCUT2D eigenvalue weighted by molar-refractivity contribution is 0.325. The summed E-state index contributed by atoms with van der Waals surface area (Å²) in [5.74, 6) is -1.81. The molecular formula is C8H13FN3OP. The van der Waals surface area contributed by atoms with Crippen molar-refractivity contribution >= 4 is 27.6 Å². The van der Waals surface area contributed by atoms with Crippen molar-refractivity contribution in [3.63, 3.8) is 0 Å². The third-order valence-corrected chi connectivity index (χ3v) is 1.65. The molecule has 0 aromatic rings. The SMILES string of the molecule is C=N/C=C(/C(=N)OCC)C(=N)C(F)P. The molecule has 4 nitrogen and oxygen atoms in total. The van der Waals surface area contributed by atoms with Crippen LogP contribution in [0.1, 0.15) is 6.92 Å². The summed E-state index contributed by atoms with van der Waals surface area (Å²) < 4.78 is 17.6. The van der Waals surface area contributed by atoms with Crippen molar-refractivity contribution in [1.29, 1.82) is 10.8 Å². The van der Waals surface area contributed by atoms with Gasteiger partial charge in [-0.3, -0.25) is 10.4 Å². The highest BCUT2D eigenvalue weighted by Gasteiger charge is 2.17. The number of nitrogens with zero attached hydrogens (tertiary/aromatic N) is 1. The average molecular weight is 217 g/mol. The lowest BCUT2D eigenvalue weighted by atomic mass is 10.2. The number of alkyl halides is 1. The zero-order valence-electron chi connectivity index (χ0n) is 7.88.